The highest BCUT2D eigenvalue weighted by atomic mass is 35.5. The third-order valence-electron chi connectivity index (χ3n) is 4.25. The normalized spacial score (nSPS) is 13.7. The second-order valence-corrected chi connectivity index (χ2v) is 7.95. The van der Waals surface area contributed by atoms with E-state index in [1.54, 1.807) is 24.5 Å². The second kappa shape index (κ2) is 7.79. The smallest absolute Gasteiger partial charge is 0.232 e. The highest BCUT2D eigenvalue weighted by molar-refractivity contribution is 6.32. The van der Waals surface area contributed by atoms with Gasteiger partial charge in [0.15, 0.2) is 0 Å². The summed E-state index contributed by atoms with van der Waals surface area (Å²) in [6.45, 7) is 6.51. The summed E-state index contributed by atoms with van der Waals surface area (Å²) in [4.78, 5) is 8.46. The highest BCUT2D eigenvalue weighted by Crippen LogP contribution is 2.32. The average molecular weight is 388 g/mol. The quantitative estimate of drug-likeness (QED) is 0.629. The van der Waals surface area contributed by atoms with Crippen LogP contribution in [0.1, 0.15) is 27.2 Å². The number of nitrogens with zero attached hydrogens (tertiary/aromatic N) is 2. The van der Waals surface area contributed by atoms with Crippen LogP contribution in [-0.4, -0.2) is 22.1 Å². The number of hydrogen-bond donors (Lipinski definition) is 1. The van der Waals surface area contributed by atoms with Crippen molar-refractivity contribution in [3.8, 4) is 17.0 Å². The van der Waals surface area contributed by atoms with Crippen molar-refractivity contribution in [3.05, 3.63) is 53.6 Å². The molecule has 27 heavy (non-hydrogen) atoms. The SMILES string of the molecule is CC(C)C[C@](C)(N)COc1ncc(-c2ccnc3c(F)cccc23)cc1Cl. The molecule has 1 aromatic carbocycles. The van der Waals surface area contributed by atoms with Crippen molar-refractivity contribution < 1.29 is 9.13 Å². The van der Waals surface area contributed by atoms with Crippen LogP contribution in [-0.2, 0) is 0 Å². The van der Waals surface area contributed by atoms with E-state index in [-0.39, 0.29) is 5.82 Å². The van der Waals surface area contributed by atoms with Crippen molar-refractivity contribution in [1.29, 1.82) is 0 Å². The number of para-hydroxylation sites is 1. The number of nitrogens with two attached hydrogens (primary N) is 1. The Kier molecular flexibility index (Phi) is 5.63. The van der Waals surface area contributed by atoms with Crippen LogP contribution in [0.2, 0.25) is 5.02 Å². The standard InChI is InChI=1S/C21H23ClFN3O/c1-13(2)10-21(3,24)12-27-20-17(22)9-14(11-26-20)15-7-8-25-19-16(15)5-4-6-18(19)23/h4-9,11,13H,10,12,24H2,1-3H3/t21-/m0/s1. The number of halogens is 2. The summed E-state index contributed by atoms with van der Waals surface area (Å²) in [5, 5.41) is 1.09. The Hall–Kier alpha value is -2.24. The number of pyridine rings is 2. The zero-order valence-corrected chi connectivity index (χ0v) is 16.4. The number of benzene rings is 1. The number of aromatic nitrogens is 2. The van der Waals surface area contributed by atoms with Crippen molar-refractivity contribution in [2.75, 3.05) is 6.61 Å². The molecule has 142 valence electrons. The van der Waals surface area contributed by atoms with Gasteiger partial charge in [-0.25, -0.2) is 9.37 Å². The van der Waals surface area contributed by atoms with E-state index in [4.69, 9.17) is 22.1 Å². The molecule has 3 rings (SSSR count). The highest BCUT2D eigenvalue weighted by Gasteiger charge is 2.22. The van der Waals surface area contributed by atoms with E-state index in [0.717, 1.165) is 17.5 Å². The molecule has 0 aliphatic heterocycles. The predicted molar refractivity (Wildman–Crippen MR) is 107 cm³/mol. The van der Waals surface area contributed by atoms with E-state index in [1.807, 2.05) is 19.1 Å². The molecule has 1 atom stereocenters. The molecule has 2 heterocycles. The Balaban J connectivity index is 1.87. The minimum absolute atomic E-state index is 0.319. The van der Waals surface area contributed by atoms with Crippen LogP contribution in [0.4, 0.5) is 4.39 Å². The van der Waals surface area contributed by atoms with Gasteiger partial charge in [0.1, 0.15) is 23.0 Å². The van der Waals surface area contributed by atoms with Crippen molar-refractivity contribution in [2.45, 2.75) is 32.7 Å². The van der Waals surface area contributed by atoms with Crippen molar-refractivity contribution in [2.24, 2.45) is 11.7 Å². The maximum absolute atomic E-state index is 14.0. The van der Waals surface area contributed by atoms with Gasteiger partial charge in [-0.05, 0) is 43.0 Å². The third kappa shape index (κ3) is 4.54. The van der Waals surface area contributed by atoms with Gasteiger partial charge < -0.3 is 10.5 Å². The molecule has 4 nitrogen and oxygen atoms in total. The molecule has 0 aliphatic carbocycles. The van der Waals surface area contributed by atoms with Gasteiger partial charge in [0.25, 0.3) is 0 Å². The lowest BCUT2D eigenvalue weighted by molar-refractivity contribution is 0.201. The summed E-state index contributed by atoms with van der Waals surface area (Å²) in [5.74, 6) is 0.445. The molecule has 0 saturated heterocycles. The van der Waals surface area contributed by atoms with Crippen LogP contribution in [0.5, 0.6) is 5.88 Å². The van der Waals surface area contributed by atoms with Crippen LogP contribution in [0.15, 0.2) is 42.7 Å². The second-order valence-electron chi connectivity index (χ2n) is 7.55. The predicted octanol–water partition coefficient (Wildman–Crippen LogP) is 5.23. The van der Waals surface area contributed by atoms with Gasteiger partial charge in [0.05, 0.1) is 0 Å². The lowest BCUT2D eigenvalue weighted by atomic mass is 9.93. The van der Waals surface area contributed by atoms with Crippen molar-refractivity contribution >= 4 is 22.5 Å². The molecule has 0 saturated carbocycles. The molecule has 3 aromatic rings. The van der Waals surface area contributed by atoms with E-state index in [0.29, 0.717) is 34.3 Å². The van der Waals surface area contributed by atoms with E-state index >= 15 is 0 Å². The molecule has 0 amide bonds. The van der Waals surface area contributed by atoms with Crippen LogP contribution >= 0.6 is 11.6 Å². The molecular formula is C21H23ClFN3O. The van der Waals surface area contributed by atoms with Gasteiger partial charge in [-0.2, -0.15) is 0 Å². The summed E-state index contributed by atoms with van der Waals surface area (Å²) in [5.41, 5.74) is 7.71. The minimum Gasteiger partial charge on any atom is -0.475 e. The van der Waals surface area contributed by atoms with Gasteiger partial charge in [-0.15, -0.1) is 0 Å². The monoisotopic (exact) mass is 387 g/mol. The van der Waals surface area contributed by atoms with Gasteiger partial charge in [-0.1, -0.05) is 37.6 Å². The molecule has 0 unspecified atom stereocenters. The van der Waals surface area contributed by atoms with Crippen LogP contribution in [0.3, 0.4) is 0 Å². The van der Waals surface area contributed by atoms with E-state index < -0.39 is 5.54 Å². The maximum Gasteiger partial charge on any atom is 0.232 e. The number of rotatable bonds is 6. The van der Waals surface area contributed by atoms with Gasteiger partial charge >= 0.3 is 0 Å². The minimum atomic E-state index is -0.462. The Labute approximate surface area is 163 Å². The fraction of sp³-hybridized carbons (Fsp3) is 0.333. The Morgan fingerprint density at radius 1 is 1.26 bits per heavy atom. The fourth-order valence-corrected chi connectivity index (χ4v) is 3.52. The lowest BCUT2D eigenvalue weighted by Crippen LogP contribution is -2.43. The maximum atomic E-state index is 14.0. The Morgan fingerprint density at radius 2 is 2.04 bits per heavy atom. The topological polar surface area (TPSA) is 61.0 Å². The van der Waals surface area contributed by atoms with Gasteiger partial charge in [-0.3, -0.25) is 4.98 Å². The summed E-state index contributed by atoms with van der Waals surface area (Å²) in [7, 11) is 0. The molecule has 0 fully saturated rings. The molecule has 2 N–H and O–H groups in total. The largest absolute Gasteiger partial charge is 0.475 e. The summed E-state index contributed by atoms with van der Waals surface area (Å²) in [6, 6.07) is 8.45. The van der Waals surface area contributed by atoms with Crippen molar-refractivity contribution in [3.63, 3.8) is 0 Å². The van der Waals surface area contributed by atoms with Gasteiger partial charge in [0.2, 0.25) is 5.88 Å². The van der Waals surface area contributed by atoms with Crippen molar-refractivity contribution in [1.82, 2.24) is 9.97 Å². The summed E-state index contributed by atoms with van der Waals surface area (Å²) < 4.78 is 19.8. The van der Waals surface area contributed by atoms with Crippen LogP contribution in [0.25, 0.3) is 22.0 Å². The first kappa shape index (κ1) is 19.5. The molecule has 0 aliphatic rings. The first-order valence-corrected chi connectivity index (χ1v) is 9.25. The fourth-order valence-electron chi connectivity index (χ4n) is 3.30. The molecular weight excluding hydrogens is 365 g/mol. The first-order chi connectivity index (χ1) is 12.8. The molecule has 2 aromatic heterocycles. The van der Waals surface area contributed by atoms with E-state index in [1.165, 1.54) is 6.07 Å². The van der Waals surface area contributed by atoms with E-state index in [9.17, 15) is 4.39 Å². The number of fused-ring (bicyclic) bond motifs is 1. The van der Waals surface area contributed by atoms with Crippen LogP contribution < -0.4 is 10.5 Å². The Morgan fingerprint density at radius 3 is 2.74 bits per heavy atom. The third-order valence-corrected chi connectivity index (χ3v) is 4.52. The summed E-state index contributed by atoms with van der Waals surface area (Å²) >= 11 is 6.38. The molecule has 0 spiro atoms. The average Bonchev–Trinajstić information content (AvgIpc) is 2.59. The van der Waals surface area contributed by atoms with Crippen LogP contribution in [0, 0.1) is 11.7 Å². The zero-order chi connectivity index (χ0) is 19.6. The van der Waals surface area contributed by atoms with Gasteiger partial charge in [0, 0.05) is 28.9 Å². The number of hydrogen-bond acceptors (Lipinski definition) is 4. The molecule has 0 radical (unpaired) electrons. The first-order valence-electron chi connectivity index (χ1n) is 8.88. The molecule has 6 heteroatoms. The molecule has 0 bridgehead atoms. The number of ether oxygens (including phenoxy) is 1. The summed E-state index contributed by atoms with van der Waals surface area (Å²) in [6.07, 6.45) is 4.07. The Bertz CT molecular complexity index is 959. The zero-order valence-electron chi connectivity index (χ0n) is 15.7. The van der Waals surface area contributed by atoms with E-state index in [2.05, 4.69) is 23.8 Å². The lowest BCUT2D eigenvalue weighted by Gasteiger charge is -2.26.